The van der Waals surface area contributed by atoms with Crippen LogP contribution in [0.4, 0.5) is 17.3 Å². The Morgan fingerprint density at radius 2 is 0.538 bits per heavy atom. The summed E-state index contributed by atoms with van der Waals surface area (Å²) in [5.74, 6) is 0. The normalized spacial score (nSPS) is 12.6. The number of fused-ring (bicyclic) bond motifs is 2. The van der Waals surface area contributed by atoms with E-state index in [1.165, 1.54) is 101 Å². The van der Waals surface area contributed by atoms with Crippen LogP contribution < -0.4 is 31.8 Å². The molecule has 0 nitrogen and oxygen atoms in total. The minimum atomic E-state index is -6.00. The van der Waals surface area contributed by atoms with Crippen LogP contribution >= 0.6 is 120 Å². The molecular weight excluding hydrogens is 1300 g/mol. The molecule has 0 heterocycles. The predicted octanol–water partition coefficient (Wildman–Crippen LogP) is 20.2. The van der Waals surface area contributed by atoms with Crippen LogP contribution in [0.25, 0.3) is 43.8 Å². The molecule has 0 saturated carbocycles. The van der Waals surface area contributed by atoms with Gasteiger partial charge in [-0.15, -0.1) is 0 Å². The second kappa shape index (κ2) is 36.3. The molecule has 0 atom stereocenters. The first kappa shape index (κ1) is 67.4. The molecule has 9 aromatic rings. The third kappa shape index (κ3) is 24.1. The van der Waals surface area contributed by atoms with Crippen molar-refractivity contribution in [2.45, 2.75) is 38.6 Å². The molecule has 0 aromatic heterocycles. The van der Waals surface area contributed by atoms with E-state index in [1.54, 1.807) is 0 Å². The maximum absolute atomic E-state index is 9.75. The first-order valence-electron chi connectivity index (χ1n) is 24.1. The number of rotatable bonds is 8. The molecule has 1 radical (unpaired) electrons. The van der Waals surface area contributed by atoms with E-state index in [-0.39, 0.29) is 19.5 Å². The van der Waals surface area contributed by atoms with Gasteiger partial charge in [0.15, 0.2) is 12.9 Å². The zero-order valence-electron chi connectivity index (χ0n) is 41.5. The fraction of sp³-hybridized carbons (Fsp3) is 0.115. The molecule has 17 heteroatoms. The van der Waals surface area contributed by atoms with E-state index in [1.807, 2.05) is 0 Å². The summed E-state index contributed by atoms with van der Waals surface area (Å²) in [4.78, 5) is 0. The number of halogens is 13. The second-order valence-electron chi connectivity index (χ2n) is 16.6. The van der Waals surface area contributed by atoms with Crippen LogP contribution in [0.2, 0.25) is 0 Å². The third-order valence-corrected chi connectivity index (χ3v) is 16.9. The van der Waals surface area contributed by atoms with Gasteiger partial charge in [0.05, 0.1) is 15.8 Å². The summed E-state index contributed by atoms with van der Waals surface area (Å²) >= 11 is 43.3. The minimum Gasteiger partial charge on any atom is -0.418 e. The van der Waals surface area contributed by atoms with E-state index in [2.05, 4.69) is 243 Å². The number of alkyl halides is 9. The van der Waals surface area contributed by atoms with Gasteiger partial charge in [0.1, 0.15) is 31.8 Å². The molecule has 409 valence electrons. The van der Waals surface area contributed by atoms with Gasteiger partial charge < -0.3 is 17.3 Å². The number of benzene rings is 9. The van der Waals surface area contributed by atoms with Gasteiger partial charge in [-0.25, -0.2) is 0 Å². The van der Waals surface area contributed by atoms with Gasteiger partial charge in [-0.1, -0.05) is 262 Å². The molecule has 0 aliphatic heterocycles. The Hall–Kier alpha value is -3.14. The van der Waals surface area contributed by atoms with Crippen molar-refractivity contribution in [2.24, 2.45) is 0 Å². The molecule has 0 saturated heterocycles. The number of hydrogen-bond donors (Lipinski definition) is 0. The molecule has 1 aliphatic rings. The fourth-order valence-corrected chi connectivity index (χ4v) is 13.6. The van der Waals surface area contributed by atoms with Gasteiger partial charge in [-0.05, 0) is 154 Å². The van der Waals surface area contributed by atoms with E-state index < -0.39 is 36.0 Å². The summed E-state index contributed by atoms with van der Waals surface area (Å²) in [6, 6.07) is 80.9. The van der Waals surface area contributed by atoms with Crippen molar-refractivity contribution >= 4 is 181 Å². The summed E-state index contributed by atoms with van der Waals surface area (Å²) in [7, 11) is -8.24. The molecule has 0 N–H and O–H groups in total. The van der Waals surface area contributed by atoms with Crippen LogP contribution in [0, 0.1) is 0 Å². The van der Waals surface area contributed by atoms with Crippen LogP contribution in [-0.2, 0) is 19.5 Å². The topological polar surface area (TPSA) is 0 Å². The van der Waals surface area contributed by atoms with Gasteiger partial charge in [0.25, 0.3) is 0 Å². The zero-order valence-corrected chi connectivity index (χ0v) is 51.9. The zero-order chi connectivity index (χ0) is 55.6. The minimum absolute atomic E-state index is 0. The molecule has 0 amide bonds. The molecule has 0 fully saturated rings. The van der Waals surface area contributed by atoms with Gasteiger partial charge in [-0.3, -0.25) is 0 Å². The van der Waals surface area contributed by atoms with E-state index in [9.17, 15) is 17.3 Å². The van der Waals surface area contributed by atoms with Crippen molar-refractivity contribution in [3.63, 3.8) is 0 Å². The molecule has 1 aliphatic carbocycles. The van der Waals surface area contributed by atoms with E-state index >= 15 is 0 Å². The maximum atomic E-state index is 9.75. The standard InChI is InChI=1S/C50H36P2.C8H12.3CHCl3.BF4.Rh/c1-5-17-41(18-6-1)51(42-19-7-2-8-20-42)45-31-27-37(28-32-45)47-25-13-15-39-35-40-16-14-26-48(50(40)36-49(39)47)38-29-33-46(34-30-38)52(43-21-9-3-10-22-43)44-23-11-4-12-24-44;1-2-4-6-8-7-5-3-1;3*2-1(3)4;2-1(3,4)5;/h1-36H;1-2,7-8H,3-6H2;3*1H;;/q;;;;;-1;/p+2/b;2-1-,8-7-;;;;;. The molecule has 0 spiro atoms. The van der Waals surface area contributed by atoms with Crippen LogP contribution in [0.3, 0.4) is 0 Å². The average Bonchev–Trinajstić information content (AvgIpc) is 3.45. The fourth-order valence-electron chi connectivity index (χ4n) is 8.46. The first-order chi connectivity index (χ1) is 37.0. The summed E-state index contributed by atoms with van der Waals surface area (Å²) in [6.07, 6.45) is 14.0. The first-order valence-corrected chi connectivity index (χ1v) is 31.0. The van der Waals surface area contributed by atoms with E-state index in [0.29, 0.717) is 0 Å². The quantitative estimate of drug-likeness (QED) is 0.0355. The van der Waals surface area contributed by atoms with Crippen molar-refractivity contribution in [1.29, 1.82) is 0 Å². The van der Waals surface area contributed by atoms with Gasteiger partial charge in [0, 0.05) is 19.5 Å². The van der Waals surface area contributed by atoms with Crippen molar-refractivity contribution < 1.29 is 36.7 Å². The SMILES string of the molecule is C1=C\CC/C=C\CC/1.ClC(Cl)Cl.ClC(Cl)Cl.ClC(Cl)Cl.F[B-](F)(F)F.[Rh].c1ccc([PH+](c2ccccc2)c2ccc(-c3cccc4cc5cccc(-c6ccc([PH+](c7ccccc7)c7ccccc7)cc6)c5cc34)cc2)cc1. The van der Waals surface area contributed by atoms with Gasteiger partial charge in [-0.2, -0.15) is 0 Å². The average molecular weight is 1360 g/mol. The van der Waals surface area contributed by atoms with Gasteiger partial charge in [0.2, 0.25) is 0 Å². The summed E-state index contributed by atoms with van der Waals surface area (Å²) in [5.41, 5.74) is 5.02. The molecule has 78 heavy (non-hydrogen) atoms. The maximum Gasteiger partial charge on any atom is 0.673 e. The molecule has 0 unspecified atom stereocenters. The van der Waals surface area contributed by atoms with Crippen molar-refractivity contribution in [1.82, 2.24) is 0 Å². The second-order valence-corrected chi connectivity index (χ2v) is 27.5. The number of allylic oxidation sites excluding steroid dienone is 4. The summed E-state index contributed by atoms with van der Waals surface area (Å²) < 4.78 is 36.8. The summed E-state index contributed by atoms with van der Waals surface area (Å²) in [6.45, 7) is 0. The van der Waals surface area contributed by atoms with E-state index in [4.69, 9.17) is 104 Å². The van der Waals surface area contributed by atoms with Gasteiger partial charge >= 0.3 is 7.25 Å². The molecular formula is C61H53BCl9F4P2Rh+. The van der Waals surface area contributed by atoms with Crippen LogP contribution in [-0.4, -0.2) is 20.1 Å². The monoisotopic (exact) mass is 1350 g/mol. The van der Waals surface area contributed by atoms with E-state index in [0.717, 1.165) is 0 Å². The van der Waals surface area contributed by atoms with Crippen LogP contribution in [0.5, 0.6) is 0 Å². The van der Waals surface area contributed by atoms with Crippen molar-refractivity contribution in [3.8, 4) is 22.3 Å². The van der Waals surface area contributed by atoms with Crippen LogP contribution in [0.15, 0.2) is 243 Å². The molecule has 0 bridgehead atoms. The van der Waals surface area contributed by atoms with Crippen molar-refractivity contribution in [2.75, 3.05) is 0 Å². The largest absolute Gasteiger partial charge is 0.673 e. The Kier molecular flexibility index (Phi) is 31.4. The molecule has 10 rings (SSSR count). The van der Waals surface area contributed by atoms with Crippen LogP contribution in [0.1, 0.15) is 25.7 Å². The predicted molar refractivity (Wildman–Crippen MR) is 344 cm³/mol. The smallest absolute Gasteiger partial charge is 0.418 e. The Bertz CT molecular complexity index is 2850. The summed E-state index contributed by atoms with van der Waals surface area (Å²) in [5, 5.41) is 13.5. The Morgan fingerprint density at radius 1 is 0.308 bits per heavy atom. The Morgan fingerprint density at radius 3 is 0.782 bits per heavy atom. The molecule has 9 aromatic carbocycles. The Labute approximate surface area is 516 Å². The number of hydrogen-bond acceptors (Lipinski definition) is 0. The van der Waals surface area contributed by atoms with Crippen molar-refractivity contribution in [3.05, 3.63) is 243 Å². The third-order valence-electron chi connectivity index (χ3n) is 11.4. The Balaban J connectivity index is 0.000000421.